The number of amides is 1. The van der Waals surface area contributed by atoms with Crippen LogP contribution in [0.4, 0.5) is 24.0 Å². The smallest absolute Gasteiger partial charge is 0.416 e. The molecule has 8 nitrogen and oxygen atoms in total. The molecule has 1 amide bonds. The normalized spacial score (nSPS) is 11.4. The van der Waals surface area contributed by atoms with Crippen molar-refractivity contribution in [3.8, 4) is 5.75 Å². The second kappa shape index (κ2) is 12.7. The Morgan fingerprint density at radius 2 is 1.92 bits per heavy atom. The third-order valence-corrected chi connectivity index (χ3v) is 5.77. The monoisotopic (exact) mass is 574 g/mol. The van der Waals surface area contributed by atoms with E-state index >= 15 is 0 Å². The predicted molar refractivity (Wildman–Crippen MR) is 135 cm³/mol. The SMILES string of the molecule is CCOC(=O)COc1c(Cl)cc(/C=N\NC(=O)Cc2csc(Nc3cccc(C(F)(F)F)c3)n2)cc1Cl. The van der Waals surface area contributed by atoms with Gasteiger partial charge in [-0.25, -0.2) is 15.2 Å². The molecular formula is C23H19Cl2F3N4O4S. The van der Waals surface area contributed by atoms with Crippen LogP contribution in [0.2, 0.25) is 10.0 Å². The number of ether oxygens (including phenoxy) is 2. The average Bonchev–Trinajstić information content (AvgIpc) is 3.24. The number of benzene rings is 2. The number of rotatable bonds is 10. The Hall–Kier alpha value is -3.35. The summed E-state index contributed by atoms with van der Waals surface area (Å²) in [6.45, 7) is 1.52. The Morgan fingerprint density at radius 1 is 1.19 bits per heavy atom. The summed E-state index contributed by atoms with van der Waals surface area (Å²) < 4.78 is 48.7. The van der Waals surface area contributed by atoms with Gasteiger partial charge in [0.15, 0.2) is 17.5 Å². The van der Waals surface area contributed by atoms with Gasteiger partial charge in [0.1, 0.15) is 0 Å². The Morgan fingerprint density at radius 3 is 2.59 bits per heavy atom. The van der Waals surface area contributed by atoms with Gasteiger partial charge in [-0.05, 0) is 42.8 Å². The van der Waals surface area contributed by atoms with Crippen molar-refractivity contribution in [1.82, 2.24) is 10.4 Å². The van der Waals surface area contributed by atoms with Crippen molar-refractivity contribution in [1.29, 1.82) is 0 Å². The van der Waals surface area contributed by atoms with Gasteiger partial charge in [0, 0.05) is 11.1 Å². The van der Waals surface area contributed by atoms with E-state index in [0.29, 0.717) is 16.4 Å². The zero-order chi connectivity index (χ0) is 27.0. The van der Waals surface area contributed by atoms with E-state index in [9.17, 15) is 22.8 Å². The second-order valence-corrected chi connectivity index (χ2v) is 8.90. The first-order valence-electron chi connectivity index (χ1n) is 10.5. The zero-order valence-electron chi connectivity index (χ0n) is 19.1. The fourth-order valence-corrected chi connectivity index (χ4v) is 4.19. The lowest BCUT2D eigenvalue weighted by atomic mass is 10.2. The summed E-state index contributed by atoms with van der Waals surface area (Å²) in [4.78, 5) is 27.8. The van der Waals surface area contributed by atoms with Gasteiger partial charge in [-0.15, -0.1) is 11.3 Å². The van der Waals surface area contributed by atoms with E-state index < -0.39 is 23.6 Å². The summed E-state index contributed by atoms with van der Waals surface area (Å²) in [5, 5.41) is 8.85. The zero-order valence-corrected chi connectivity index (χ0v) is 21.4. The predicted octanol–water partition coefficient (Wildman–Crippen LogP) is 5.85. The van der Waals surface area contributed by atoms with Gasteiger partial charge in [0.2, 0.25) is 5.91 Å². The first-order valence-corrected chi connectivity index (χ1v) is 12.2. The van der Waals surface area contributed by atoms with E-state index in [1.807, 2.05) is 0 Å². The second-order valence-electron chi connectivity index (χ2n) is 7.22. The number of thiazole rings is 1. The molecule has 3 aromatic rings. The molecule has 0 aliphatic heterocycles. The van der Waals surface area contributed by atoms with Crippen molar-refractivity contribution in [3.05, 3.63) is 68.6 Å². The number of hydrogen-bond acceptors (Lipinski definition) is 8. The number of nitrogens with one attached hydrogen (secondary N) is 2. The highest BCUT2D eigenvalue weighted by Crippen LogP contribution is 2.34. The van der Waals surface area contributed by atoms with Crippen LogP contribution >= 0.6 is 34.5 Å². The molecule has 14 heteroatoms. The Balaban J connectivity index is 1.53. The maximum atomic E-state index is 12.9. The molecule has 0 saturated carbocycles. The number of anilines is 2. The highest BCUT2D eigenvalue weighted by molar-refractivity contribution is 7.13. The van der Waals surface area contributed by atoms with Crippen LogP contribution in [0.15, 0.2) is 46.9 Å². The van der Waals surface area contributed by atoms with Crippen LogP contribution in [0.5, 0.6) is 5.75 Å². The Bertz CT molecular complexity index is 1280. The van der Waals surface area contributed by atoms with Gasteiger partial charge in [0.05, 0.1) is 40.5 Å². The maximum Gasteiger partial charge on any atom is 0.416 e. The van der Waals surface area contributed by atoms with Gasteiger partial charge < -0.3 is 14.8 Å². The molecule has 0 bridgehead atoms. The fourth-order valence-electron chi connectivity index (χ4n) is 2.85. The van der Waals surface area contributed by atoms with Gasteiger partial charge in [-0.2, -0.15) is 18.3 Å². The van der Waals surface area contributed by atoms with Crippen LogP contribution in [-0.4, -0.2) is 36.3 Å². The summed E-state index contributed by atoms with van der Waals surface area (Å²) in [7, 11) is 0. The van der Waals surface area contributed by atoms with E-state index in [0.717, 1.165) is 23.5 Å². The number of aromatic nitrogens is 1. The van der Waals surface area contributed by atoms with Crippen LogP contribution in [0, 0.1) is 0 Å². The average molecular weight is 575 g/mol. The molecule has 0 aliphatic carbocycles. The summed E-state index contributed by atoms with van der Waals surface area (Å²) in [5.41, 5.74) is 2.64. The summed E-state index contributed by atoms with van der Waals surface area (Å²) in [6, 6.07) is 7.68. The van der Waals surface area contributed by atoms with Crippen LogP contribution in [-0.2, 0) is 26.9 Å². The fraction of sp³-hybridized carbons (Fsp3) is 0.217. The number of carbonyl (C=O) groups is 2. The quantitative estimate of drug-likeness (QED) is 0.179. The van der Waals surface area contributed by atoms with E-state index in [2.05, 4.69) is 20.8 Å². The molecule has 1 aromatic heterocycles. The molecule has 0 radical (unpaired) electrons. The van der Waals surface area contributed by atoms with Gasteiger partial charge in [0.25, 0.3) is 0 Å². The molecule has 0 aliphatic rings. The van der Waals surface area contributed by atoms with Crippen molar-refractivity contribution in [2.24, 2.45) is 5.10 Å². The lowest BCUT2D eigenvalue weighted by molar-refractivity contribution is -0.145. The lowest BCUT2D eigenvalue weighted by Gasteiger charge is -2.10. The van der Waals surface area contributed by atoms with Crippen LogP contribution < -0.4 is 15.5 Å². The van der Waals surface area contributed by atoms with Crippen molar-refractivity contribution in [2.45, 2.75) is 19.5 Å². The number of carbonyl (C=O) groups excluding carboxylic acids is 2. The van der Waals surface area contributed by atoms with Crippen molar-refractivity contribution < 1.29 is 32.2 Å². The molecule has 0 atom stereocenters. The minimum Gasteiger partial charge on any atom is -0.479 e. The first kappa shape index (κ1) is 28.2. The third kappa shape index (κ3) is 8.62. The number of nitrogens with zero attached hydrogens (tertiary/aromatic N) is 2. The van der Waals surface area contributed by atoms with Crippen molar-refractivity contribution in [2.75, 3.05) is 18.5 Å². The summed E-state index contributed by atoms with van der Waals surface area (Å²) in [6.07, 6.45) is -3.26. The number of esters is 1. The number of halogens is 5. The van der Waals surface area contributed by atoms with Crippen LogP contribution in [0.25, 0.3) is 0 Å². The molecule has 0 unspecified atom stereocenters. The molecule has 196 valence electrons. The Labute approximate surface area is 223 Å². The molecule has 3 rings (SSSR count). The minimum atomic E-state index is -4.46. The van der Waals surface area contributed by atoms with Gasteiger partial charge in [-0.3, -0.25) is 4.79 Å². The molecule has 0 saturated heterocycles. The number of hydrazone groups is 1. The Kier molecular flexibility index (Phi) is 9.73. The molecular weight excluding hydrogens is 556 g/mol. The maximum absolute atomic E-state index is 12.9. The molecule has 1 heterocycles. The molecule has 0 spiro atoms. The first-order chi connectivity index (χ1) is 17.5. The van der Waals surface area contributed by atoms with Crippen molar-refractivity contribution >= 4 is 63.4 Å². The molecule has 0 fully saturated rings. The summed E-state index contributed by atoms with van der Waals surface area (Å²) >= 11 is 13.5. The third-order valence-electron chi connectivity index (χ3n) is 4.40. The van der Waals surface area contributed by atoms with Crippen molar-refractivity contribution in [3.63, 3.8) is 0 Å². The van der Waals surface area contributed by atoms with E-state index in [4.69, 9.17) is 32.7 Å². The highest BCUT2D eigenvalue weighted by atomic mass is 35.5. The van der Waals surface area contributed by atoms with E-state index in [1.165, 1.54) is 30.5 Å². The summed E-state index contributed by atoms with van der Waals surface area (Å²) in [5.74, 6) is -0.934. The largest absolute Gasteiger partial charge is 0.479 e. The molecule has 2 aromatic carbocycles. The van der Waals surface area contributed by atoms with Crippen LogP contribution in [0.1, 0.15) is 23.7 Å². The van der Waals surface area contributed by atoms with Crippen LogP contribution in [0.3, 0.4) is 0 Å². The van der Waals surface area contributed by atoms with E-state index in [-0.39, 0.29) is 41.1 Å². The minimum absolute atomic E-state index is 0.107. The molecule has 37 heavy (non-hydrogen) atoms. The number of alkyl halides is 3. The van der Waals surface area contributed by atoms with Gasteiger partial charge in [-0.1, -0.05) is 29.3 Å². The topological polar surface area (TPSA) is 102 Å². The van der Waals surface area contributed by atoms with Gasteiger partial charge >= 0.3 is 12.1 Å². The van der Waals surface area contributed by atoms with E-state index in [1.54, 1.807) is 12.3 Å². The molecule has 2 N–H and O–H groups in total. The lowest BCUT2D eigenvalue weighted by Crippen LogP contribution is -2.20. The highest BCUT2D eigenvalue weighted by Gasteiger charge is 2.30. The standard InChI is InChI=1S/C23H19Cl2F3N4O4S/c1-2-35-20(34)11-36-21-17(24)6-13(7-18(21)25)10-29-32-19(33)9-16-12-37-22(31-16)30-15-5-3-4-14(8-15)23(26,27)28/h3-8,10,12H,2,9,11H2,1H3,(H,30,31)(H,32,33)/b29-10-. The number of hydrogen-bond donors (Lipinski definition) is 2.